The van der Waals surface area contributed by atoms with Gasteiger partial charge in [0.2, 0.25) is 0 Å². The van der Waals surface area contributed by atoms with E-state index >= 15 is 0 Å². The first-order valence-corrected chi connectivity index (χ1v) is 7.65. The van der Waals surface area contributed by atoms with E-state index in [1.165, 1.54) is 6.42 Å². The lowest BCUT2D eigenvalue weighted by Crippen LogP contribution is -2.43. The second kappa shape index (κ2) is 6.62. The van der Waals surface area contributed by atoms with Gasteiger partial charge in [-0.1, -0.05) is 27.5 Å². The fourth-order valence-electron chi connectivity index (χ4n) is 2.18. The third kappa shape index (κ3) is 3.86. The molecule has 0 spiro atoms. The quantitative estimate of drug-likeness (QED) is 0.831. The van der Waals surface area contributed by atoms with Crippen LogP contribution in [0.5, 0.6) is 5.75 Å². The van der Waals surface area contributed by atoms with E-state index in [-0.39, 0.29) is 5.91 Å². The normalized spacial score (nSPS) is 17.1. The number of carbonyl (C=O) groups is 1. The van der Waals surface area contributed by atoms with Gasteiger partial charge in [-0.3, -0.25) is 4.79 Å². The summed E-state index contributed by atoms with van der Waals surface area (Å²) in [5, 5.41) is 0.507. The first-order valence-electron chi connectivity index (χ1n) is 6.48. The number of piperidine rings is 1. The van der Waals surface area contributed by atoms with Gasteiger partial charge in [0, 0.05) is 17.6 Å². The highest BCUT2D eigenvalue weighted by molar-refractivity contribution is 9.10. The molecule has 3 nitrogen and oxygen atoms in total. The SMILES string of the molecule is CC(Oc1ccc(Br)cc1Cl)C(=O)N1CCCCC1. The van der Waals surface area contributed by atoms with Crippen molar-refractivity contribution < 1.29 is 9.53 Å². The number of rotatable bonds is 3. The summed E-state index contributed by atoms with van der Waals surface area (Å²) in [5.41, 5.74) is 0. The maximum atomic E-state index is 12.2. The van der Waals surface area contributed by atoms with Crippen LogP contribution in [0.4, 0.5) is 0 Å². The molecule has 0 radical (unpaired) electrons. The van der Waals surface area contributed by atoms with Gasteiger partial charge >= 0.3 is 0 Å². The summed E-state index contributed by atoms with van der Waals surface area (Å²) in [6, 6.07) is 5.38. The van der Waals surface area contributed by atoms with Gasteiger partial charge in [0.1, 0.15) is 5.75 Å². The van der Waals surface area contributed by atoms with E-state index < -0.39 is 6.10 Å². The van der Waals surface area contributed by atoms with Gasteiger partial charge in [0.25, 0.3) is 5.91 Å². The predicted molar refractivity (Wildman–Crippen MR) is 79.7 cm³/mol. The number of likely N-dealkylation sites (tertiary alicyclic amines) is 1. The van der Waals surface area contributed by atoms with E-state index in [1.807, 2.05) is 11.0 Å². The number of amides is 1. The lowest BCUT2D eigenvalue weighted by atomic mass is 10.1. The fraction of sp³-hybridized carbons (Fsp3) is 0.500. The zero-order chi connectivity index (χ0) is 13.8. The summed E-state index contributed by atoms with van der Waals surface area (Å²) < 4.78 is 6.56. The average Bonchev–Trinajstić information content (AvgIpc) is 2.42. The van der Waals surface area contributed by atoms with E-state index in [9.17, 15) is 4.79 Å². The summed E-state index contributed by atoms with van der Waals surface area (Å²) >= 11 is 9.42. The zero-order valence-electron chi connectivity index (χ0n) is 10.9. The molecule has 5 heteroatoms. The Morgan fingerprint density at radius 3 is 2.68 bits per heavy atom. The second-order valence-electron chi connectivity index (χ2n) is 4.72. The fourth-order valence-corrected chi connectivity index (χ4v) is 2.90. The van der Waals surface area contributed by atoms with Crippen molar-refractivity contribution >= 4 is 33.4 Å². The molecule has 1 atom stereocenters. The van der Waals surface area contributed by atoms with Crippen molar-refractivity contribution in [2.45, 2.75) is 32.3 Å². The van der Waals surface area contributed by atoms with Crippen molar-refractivity contribution in [1.29, 1.82) is 0 Å². The first-order chi connectivity index (χ1) is 9.08. The van der Waals surface area contributed by atoms with Crippen LogP contribution in [0.25, 0.3) is 0 Å². The molecule has 1 saturated heterocycles. The maximum absolute atomic E-state index is 12.2. The third-order valence-electron chi connectivity index (χ3n) is 3.21. The van der Waals surface area contributed by atoms with Crippen LogP contribution in [0.1, 0.15) is 26.2 Å². The Bertz CT molecular complexity index is 461. The monoisotopic (exact) mass is 345 g/mol. The highest BCUT2D eigenvalue weighted by Gasteiger charge is 2.23. The van der Waals surface area contributed by atoms with E-state index in [0.717, 1.165) is 30.4 Å². The molecule has 2 rings (SSSR count). The summed E-state index contributed by atoms with van der Waals surface area (Å²) in [7, 11) is 0. The van der Waals surface area contributed by atoms with Crippen molar-refractivity contribution in [1.82, 2.24) is 4.90 Å². The summed E-state index contributed by atoms with van der Waals surface area (Å²) in [5.74, 6) is 0.585. The molecule has 19 heavy (non-hydrogen) atoms. The minimum atomic E-state index is -0.503. The number of hydrogen-bond donors (Lipinski definition) is 0. The van der Waals surface area contributed by atoms with Gasteiger partial charge in [-0.05, 0) is 44.4 Å². The third-order valence-corrected chi connectivity index (χ3v) is 4.00. The highest BCUT2D eigenvalue weighted by Crippen LogP contribution is 2.28. The topological polar surface area (TPSA) is 29.5 Å². The van der Waals surface area contributed by atoms with Crippen molar-refractivity contribution in [2.75, 3.05) is 13.1 Å². The molecule has 0 aliphatic carbocycles. The summed E-state index contributed by atoms with van der Waals surface area (Å²) in [4.78, 5) is 14.1. The molecule has 1 aromatic rings. The molecule has 0 saturated carbocycles. The van der Waals surface area contributed by atoms with Crippen LogP contribution < -0.4 is 4.74 Å². The number of hydrogen-bond acceptors (Lipinski definition) is 2. The predicted octanol–water partition coefficient (Wildman–Crippen LogP) is 3.88. The molecule has 104 valence electrons. The Hall–Kier alpha value is -0.740. The van der Waals surface area contributed by atoms with Crippen LogP contribution in [-0.2, 0) is 4.79 Å². The van der Waals surface area contributed by atoms with Gasteiger partial charge in [-0.25, -0.2) is 0 Å². The first kappa shape index (κ1) is 14.7. The maximum Gasteiger partial charge on any atom is 0.263 e. The van der Waals surface area contributed by atoms with Gasteiger partial charge in [-0.2, -0.15) is 0 Å². The second-order valence-corrected chi connectivity index (χ2v) is 6.04. The Morgan fingerprint density at radius 1 is 1.37 bits per heavy atom. The number of halogens is 2. The van der Waals surface area contributed by atoms with Crippen LogP contribution in [0.15, 0.2) is 22.7 Å². The number of carbonyl (C=O) groups excluding carboxylic acids is 1. The molecule has 1 unspecified atom stereocenters. The van der Waals surface area contributed by atoms with E-state index in [2.05, 4.69) is 15.9 Å². The Morgan fingerprint density at radius 2 is 2.05 bits per heavy atom. The molecular weight excluding hydrogens is 330 g/mol. The van der Waals surface area contributed by atoms with Gasteiger partial charge in [0.05, 0.1) is 5.02 Å². The number of ether oxygens (including phenoxy) is 1. The molecule has 1 heterocycles. The van der Waals surface area contributed by atoms with Crippen LogP contribution in [0.3, 0.4) is 0 Å². The Kier molecular flexibility index (Phi) is 5.11. The van der Waals surface area contributed by atoms with Gasteiger partial charge in [-0.15, -0.1) is 0 Å². The molecular formula is C14H17BrClNO2. The summed E-state index contributed by atoms with van der Waals surface area (Å²) in [6.07, 6.45) is 2.86. The molecule has 0 N–H and O–H groups in total. The van der Waals surface area contributed by atoms with Crippen LogP contribution in [0.2, 0.25) is 5.02 Å². The van der Waals surface area contributed by atoms with Crippen molar-refractivity contribution in [3.05, 3.63) is 27.7 Å². The minimum Gasteiger partial charge on any atom is -0.479 e. The van der Waals surface area contributed by atoms with Crippen molar-refractivity contribution in [3.63, 3.8) is 0 Å². The van der Waals surface area contributed by atoms with Crippen molar-refractivity contribution in [2.24, 2.45) is 0 Å². The van der Waals surface area contributed by atoms with Crippen molar-refractivity contribution in [3.8, 4) is 5.75 Å². The molecule has 1 aromatic carbocycles. The summed E-state index contributed by atoms with van der Waals surface area (Å²) in [6.45, 7) is 3.44. The van der Waals surface area contributed by atoms with E-state index in [4.69, 9.17) is 16.3 Å². The van der Waals surface area contributed by atoms with Gasteiger partial charge < -0.3 is 9.64 Å². The molecule has 0 bridgehead atoms. The lowest BCUT2D eigenvalue weighted by molar-refractivity contribution is -0.138. The van der Waals surface area contributed by atoms with E-state index in [1.54, 1.807) is 19.1 Å². The van der Waals surface area contributed by atoms with Crippen LogP contribution in [0, 0.1) is 0 Å². The van der Waals surface area contributed by atoms with E-state index in [0.29, 0.717) is 10.8 Å². The highest BCUT2D eigenvalue weighted by atomic mass is 79.9. The largest absolute Gasteiger partial charge is 0.479 e. The van der Waals surface area contributed by atoms with Crippen LogP contribution in [-0.4, -0.2) is 30.0 Å². The smallest absolute Gasteiger partial charge is 0.263 e. The lowest BCUT2D eigenvalue weighted by Gasteiger charge is -2.29. The molecule has 1 aliphatic heterocycles. The Balaban J connectivity index is 1.99. The van der Waals surface area contributed by atoms with Crippen LogP contribution >= 0.6 is 27.5 Å². The average molecular weight is 347 g/mol. The number of nitrogens with zero attached hydrogens (tertiary/aromatic N) is 1. The Labute approximate surface area is 127 Å². The molecule has 1 aliphatic rings. The minimum absolute atomic E-state index is 0.0404. The zero-order valence-corrected chi connectivity index (χ0v) is 13.2. The van der Waals surface area contributed by atoms with Gasteiger partial charge in [0.15, 0.2) is 6.10 Å². The molecule has 1 fully saturated rings. The molecule has 0 aromatic heterocycles. The standard InChI is InChI=1S/C14H17BrClNO2/c1-10(14(18)17-7-3-2-4-8-17)19-13-6-5-11(15)9-12(13)16/h5-6,9-10H,2-4,7-8H2,1H3. The molecule has 1 amide bonds. The number of benzene rings is 1.